The number of carboxylic acid groups (broad SMARTS) is 1. The minimum atomic E-state index is -0.882. The van der Waals surface area contributed by atoms with Gasteiger partial charge in [0.2, 0.25) is 5.91 Å². The first-order valence-corrected chi connectivity index (χ1v) is 8.46. The van der Waals surface area contributed by atoms with E-state index in [4.69, 9.17) is 9.47 Å². The molecule has 2 unspecified atom stereocenters. The number of hydrogen-bond donors (Lipinski definition) is 2. The van der Waals surface area contributed by atoms with Gasteiger partial charge in [0.25, 0.3) is 0 Å². The van der Waals surface area contributed by atoms with E-state index >= 15 is 0 Å². The lowest BCUT2D eigenvalue weighted by molar-refractivity contribution is -0.147. The SMILES string of the molecule is CCOCCOc1ccc(NC(=O)C2CCCCC2C(=O)O)cc1. The monoisotopic (exact) mass is 335 g/mol. The molecule has 1 saturated carbocycles. The van der Waals surface area contributed by atoms with E-state index in [2.05, 4.69) is 5.32 Å². The molecule has 24 heavy (non-hydrogen) atoms. The van der Waals surface area contributed by atoms with Crippen molar-refractivity contribution in [3.63, 3.8) is 0 Å². The van der Waals surface area contributed by atoms with Gasteiger partial charge in [-0.2, -0.15) is 0 Å². The summed E-state index contributed by atoms with van der Waals surface area (Å²) < 4.78 is 10.7. The van der Waals surface area contributed by atoms with Crippen molar-refractivity contribution in [2.45, 2.75) is 32.6 Å². The second kappa shape index (κ2) is 9.27. The molecule has 6 heteroatoms. The fraction of sp³-hybridized carbons (Fsp3) is 0.556. The molecule has 2 rings (SSSR count). The maximum atomic E-state index is 12.4. The Morgan fingerprint density at radius 3 is 2.42 bits per heavy atom. The van der Waals surface area contributed by atoms with Crippen molar-refractivity contribution in [3.05, 3.63) is 24.3 Å². The standard InChI is InChI=1S/C18H25NO5/c1-2-23-11-12-24-14-9-7-13(8-10-14)19-17(20)15-5-3-4-6-16(15)18(21)22/h7-10,15-16H,2-6,11-12H2,1H3,(H,19,20)(H,21,22). The molecular formula is C18H25NO5. The Labute approximate surface area is 142 Å². The highest BCUT2D eigenvalue weighted by Gasteiger charge is 2.35. The van der Waals surface area contributed by atoms with E-state index in [1.165, 1.54) is 0 Å². The van der Waals surface area contributed by atoms with Gasteiger partial charge >= 0.3 is 5.97 Å². The van der Waals surface area contributed by atoms with Gasteiger partial charge in [-0.1, -0.05) is 12.8 Å². The van der Waals surface area contributed by atoms with E-state index in [-0.39, 0.29) is 5.91 Å². The van der Waals surface area contributed by atoms with Crippen LogP contribution in [0, 0.1) is 11.8 Å². The highest BCUT2D eigenvalue weighted by atomic mass is 16.5. The Kier molecular flexibility index (Phi) is 7.06. The predicted molar refractivity (Wildman–Crippen MR) is 90.1 cm³/mol. The van der Waals surface area contributed by atoms with Gasteiger partial charge in [0, 0.05) is 12.3 Å². The highest BCUT2D eigenvalue weighted by Crippen LogP contribution is 2.31. The van der Waals surface area contributed by atoms with Crippen LogP contribution in [0.4, 0.5) is 5.69 Å². The number of amides is 1. The molecule has 0 spiro atoms. The molecule has 2 atom stereocenters. The number of nitrogens with one attached hydrogen (secondary N) is 1. The van der Waals surface area contributed by atoms with E-state index in [0.29, 0.717) is 44.1 Å². The molecule has 0 aromatic heterocycles. The van der Waals surface area contributed by atoms with E-state index in [0.717, 1.165) is 12.8 Å². The zero-order valence-electron chi connectivity index (χ0n) is 14.0. The first-order valence-electron chi connectivity index (χ1n) is 8.46. The van der Waals surface area contributed by atoms with Gasteiger partial charge in [0.15, 0.2) is 0 Å². The summed E-state index contributed by atoms with van der Waals surface area (Å²) >= 11 is 0. The predicted octanol–water partition coefficient (Wildman–Crippen LogP) is 2.93. The summed E-state index contributed by atoms with van der Waals surface area (Å²) in [6.07, 6.45) is 2.96. The lowest BCUT2D eigenvalue weighted by Crippen LogP contribution is -2.36. The van der Waals surface area contributed by atoms with Crippen molar-refractivity contribution in [1.82, 2.24) is 0 Å². The zero-order chi connectivity index (χ0) is 17.4. The molecule has 1 fully saturated rings. The maximum absolute atomic E-state index is 12.4. The van der Waals surface area contributed by atoms with E-state index in [1.807, 2.05) is 6.92 Å². The summed E-state index contributed by atoms with van der Waals surface area (Å²) in [6.45, 7) is 3.60. The number of hydrogen-bond acceptors (Lipinski definition) is 4. The minimum absolute atomic E-state index is 0.216. The second-order valence-electron chi connectivity index (χ2n) is 5.89. The number of carboxylic acids is 1. The number of carbonyl (C=O) groups excluding carboxylic acids is 1. The smallest absolute Gasteiger partial charge is 0.307 e. The Morgan fingerprint density at radius 1 is 1.12 bits per heavy atom. The fourth-order valence-corrected chi connectivity index (χ4v) is 2.97. The molecular weight excluding hydrogens is 310 g/mol. The number of carbonyl (C=O) groups is 2. The third kappa shape index (κ3) is 5.23. The molecule has 1 aliphatic carbocycles. The Balaban J connectivity index is 1.88. The van der Waals surface area contributed by atoms with Crippen LogP contribution in [0.2, 0.25) is 0 Å². The Hall–Kier alpha value is -2.08. The van der Waals surface area contributed by atoms with Crippen LogP contribution in [0.15, 0.2) is 24.3 Å². The normalized spacial score (nSPS) is 20.4. The number of ether oxygens (including phenoxy) is 2. The van der Waals surface area contributed by atoms with Gasteiger partial charge in [-0.05, 0) is 44.0 Å². The average molecular weight is 335 g/mol. The minimum Gasteiger partial charge on any atom is -0.491 e. The first kappa shape index (κ1) is 18.3. The van der Waals surface area contributed by atoms with Crippen LogP contribution in [0.5, 0.6) is 5.75 Å². The largest absolute Gasteiger partial charge is 0.491 e. The molecule has 0 radical (unpaired) electrons. The van der Waals surface area contributed by atoms with Crippen LogP contribution in [-0.2, 0) is 14.3 Å². The van der Waals surface area contributed by atoms with Crippen LogP contribution in [-0.4, -0.2) is 36.8 Å². The third-order valence-corrected chi connectivity index (χ3v) is 4.24. The molecule has 0 saturated heterocycles. The first-order chi connectivity index (χ1) is 11.6. The van der Waals surface area contributed by atoms with Crippen LogP contribution in [0.25, 0.3) is 0 Å². The molecule has 1 aromatic rings. The number of benzene rings is 1. The van der Waals surface area contributed by atoms with Gasteiger partial charge in [0.1, 0.15) is 12.4 Å². The molecule has 132 valence electrons. The van der Waals surface area contributed by atoms with Gasteiger partial charge < -0.3 is 19.9 Å². The molecule has 2 N–H and O–H groups in total. The van der Waals surface area contributed by atoms with E-state index in [1.54, 1.807) is 24.3 Å². The van der Waals surface area contributed by atoms with Crippen molar-refractivity contribution in [3.8, 4) is 5.75 Å². The Morgan fingerprint density at radius 2 is 1.79 bits per heavy atom. The molecule has 0 heterocycles. The number of aliphatic carboxylic acids is 1. The number of rotatable bonds is 8. The summed E-state index contributed by atoms with van der Waals surface area (Å²) in [6, 6.07) is 7.06. The van der Waals surface area contributed by atoms with E-state index in [9.17, 15) is 14.7 Å². The van der Waals surface area contributed by atoms with Crippen molar-refractivity contribution < 1.29 is 24.2 Å². The lowest BCUT2D eigenvalue weighted by atomic mass is 9.78. The van der Waals surface area contributed by atoms with Gasteiger partial charge in [-0.3, -0.25) is 9.59 Å². The molecule has 1 aromatic carbocycles. The third-order valence-electron chi connectivity index (χ3n) is 4.24. The summed E-state index contributed by atoms with van der Waals surface area (Å²) in [4.78, 5) is 23.7. The highest BCUT2D eigenvalue weighted by molar-refractivity contribution is 5.95. The average Bonchev–Trinajstić information content (AvgIpc) is 2.60. The molecule has 0 bridgehead atoms. The Bertz CT molecular complexity index is 543. The quantitative estimate of drug-likeness (QED) is 0.714. The molecule has 6 nitrogen and oxygen atoms in total. The lowest BCUT2D eigenvalue weighted by Gasteiger charge is -2.27. The topological polar surface area (TPSA) is 84.9 Å². The maximum Gasteiger partial charge on any atom is 0.307 e. The molecule has 1 amide bonds. The van der Waals surface area contributed by atoms with Crippen LogP contribution in [0.1, 0.15) is 32.6 Å². The van der Waals surface area contributed by atoms with Gasteiger partial charge in [-0.25, -0.2) is 0 Å². The second-order valence-corrected chi connectivity index (χ2v) is 5.89. The van der Waals surface area contributed by atoms with Gasteiger partial charge in [0.05, 0.1) is 18.4 Å². The van der Waals surface area contributed by atoms with E-state index < -0.39 is 17.8 Å². The summed E-state index contributed by atoms with van der Waals surface area (Å²) in [5.41, 5.74) is 0.645. The summed E-state index contributed by atoms with van der Waals surface area (Å²) in [5, 5.41) is 12.1. The van der Waals surface area contributed by atoms with Crippen LogP contribution >= 0.6 is 0 Å². The fourth-order valence-electron chi connectivity index (χ4n) is 2.97. The summed E-state index contributed by atoms with van der Waals surface area (Å²) in [7, 11) is 0. The van der Waals surface area contributed by atoms with Crippen LogP contribution < -0.4 is 10.1 Å². The van der Waals surface area contributed by atoms with Gasteiger partial charge in [-0.15, -0.1) is 0 Å². The molecule has 1 aliphatic rings. The van der Waals surface area contributed by atoms with Crippen molar-refractivity contribution >= 4 is 17.6 Å². The van der Waals surface area contributed by atoms with Crippen LogP contribution in [0.3, 0.4) is 0 Å². The zero-order valence-corrected chi connectivity index (χ0v) is 14.0. The summed E-state index contributed by atoms with van der Waals surface area (Å²) in [5.74, 6) is -1.44. The molecule has 0 aliphatic heterocycles. The van der Waals surface area contributed by atoms with Crippen molar-refractivity contribution in [2.75, 3.05) is 25.1 Å². The van der Waals surface area contributed by atoms with Crippen molar-refractivity contribution in [1.29, 1.82) is 0 Å². The number of anilines is 1. The van der Waals surface area contributed by atoms with Crippen molar-refractivity contribution in [2.24, 2.45) is 11.8 Å².